The molecule has 1 N–H and O–H groups in total. The molecule has 0 saturated carbocycles. The van der Waals surface area contributed by atoms with Crippen molar-refractivity contribution < 1.29 is 5.11 Å². The zero-order chi connectivity index (χ0) is 16.2. The SMILES string of the molecule is C=CC1CCC(C(O)c2ccnc3ccccc23)N(CCC)C1. The molecular formula is C20H26N2O. The van der Waals surface area contributed by atoms with Gasteiger partial charge < -0.3 is 5.11 Å². The number of benzene rings is 1. The third-order valence-electron chi connectivity index (χ3n) is 4.98. The molecule has 1 aromatic heterocycles. The average molecular weight is 310 g/mol. The van der Waals surface area contributed by atoms with Crippen LogP contribution < -0.4 is 0 Å². The standard InChI is InChI=1S/C20H26N2O/c1-3-13-22-14-15(4-2)9-10-19(22)20(23)17-11-12-21-18-8-6-5-7-16(17)18/h4-8,11-12,15,19-20,23H,2-3,9-10,13-14H2,1H3. The summed E-state index contributed by atoms with van der Waals surface area (Å²) in [5.74, 6) is 0.541. The van der Waals surface area contributed by atoms with E-state index in [1.165, 1.54) is 0 Å². The number of aliphatic hydroxyl groups is 1. The fourth-order valence-electron chi connectivity index (χ4n) is 3.77. The van der Waals surface area contributed by atoms with Crippen molar-refractivity contribution in [2.75, 3.05) is 13.1 Å². The van der Waals surface area contributed by atoms with Gasteiger partial charge in [-0.05, 0) is 49.4 Å². The maximum atomic E-state index is 11.1. The third-order valence-corrected chi connectivity index (χ3v) is 4.98. The summed E-state index contributed by atoms with van der Waals surface area (Å²) in [5, 5.41) is 12.2. The monoisotopic (exact) mass is 310 g/mol. The molecule has 0 spiro atoms. The Labute approximate surface area is 138 Å². The van der Waals surface area contributed by atoms with Crippen LogP contribution in [0.1, 0.15) is 37.9 Å². The predicted molar refractivity (Wildman–Crippen MR) is 95.3 cm³/mol. The maximum absolute atomic E-state index is 11.1. The van der Waals surface area contributed by atoms with Gasteiger partial charge in [0.1, 0.15) is 0 Å². The highest BCUT2D eigenvalue weighted by Crippen LogP contribution is 2.33. The number of para-hydroxylation sites is 1. The number of hydrogen-bond acceptors (Lipinski definition) is 3. The summed E-state index contributed by atoms with van der Waals surface area (Å²) in [6.07, 6.45) is 6.61. The Morgan fingerprint density at radius 1 is 1.35 bits per heavy atom. The van der Waals surface area contributed by atoms with E-state index in [0.29, 0.717) is 5.92 Å². The fourth-order valence-corrected chi connectivity index (χ4v) is 3.77. The summed E-state index contributed by atoms with van der Waals surface area (Å²) in [7, 11) is 0. The predicted octanol–water partition coefficient (Wildman–Crippen LogP) is 3.94. The van der Waals surface area contributed by atoms with E-state index in [1.54, 1.807) is 6.20 Å². The lowest BCUT2D eigenvalue weighted by molar-refractivity contribution is 0.0153. The molecule has 23 heavy (non-hydrogen) atoms. The fraction of sp³-hybridized carbons (Fsp3) is 0.450. The van der Waals surface area contributed by atoms with Gasteiger partial charge in [0.05, 0.1) is 11.6 Å². The molecule has 0 amide bonds. The van der Waals surface area contributed by atoms with Gasteiger partial charge >= 0.3 is 0 Å². The number of likely N-dealkylation sites (tertiary alicyclic amines) is 1. The second kappa shape index (κ2) is 7.24. The van der Waals surface area contributed by atoms with E-state index in [9.17, 15) is 5.11 Å². The van der Waals surface area contributed by atoms with E-state index >= 15 is 0 Å². The van der Waals surface area contributed by atoms with Crippen molar-refractivity contribution in [3.63, 3.8) is 0 Å². The van der Waals surface area contributed by atoms with Crippen molar-refractivity contribution in [1.29, 1.82) is 0 Å². The largest absolute Gasteiger partial charge is 0.387 e. The summed E-state index contributed by atoms with van der Waals surface area (Å²) in [6.45, 7) is 8.17. The Bertz CT molecular complexity index is 664. The summed E-state index contributed by atoms with van der Waals surface area (Å²) in [6, 6.07) is 10.2. The molecule has 1 aliphatic rings. The summed E-state index contributed by atoms with van der Waals surface area (Å²) < 4.78 is 0. The van der Waals surface area contributed by atoms with Crippen LogP contribution >= 0.6 is 0 Å². The lowest BCUT2D eigenvalue weighted by Gasteiger charge is -2.41. The highest BCUT2D eigenvalue weighted by molar-refractivity contribution is 5.82. The van der Waals surface area contributed by atoms with Crippen LogP contribution in [0.4, 0.5) is 0 Å². The molecule has 1 aromatic carbocycles. The molecule has 0 aliphatic carbocycles. The van der Waals surface area contributed by atoms with Crippen molar-refractivity contribution >= 4 is 10.9 Å². The van der Waals surface area contributed by atoms with Gasteiger partial charge in [-0.15, -0.1) is 6.58 Å². The maximum Gasteiger partial charge on any atom is 0.0952 e. The Morgan fingerprint density at radius 2 is 2.17 bits per heavy atom. The number of pyridine rings is 1. The van der Waals surface area contributed by atoms with E-state index in [0.717, 1.165) is 48.8 Å². The third kappa shape index (κ3) is 3.31. The van der Waals surface area contributed by atoms with Gasteiger partial charge in [-0.1, -0.05) is 31.2 Å². The molecule has 3 rings (SSSR count). The number of piperidine rings is 1. The molecule has 1 saturated heterocycles. The summed E-state index contributed by atoms with van der Waals surface area (Å²) in [5.41, 5.74) is 1.95. The van der Waals surface area contributed by atoms with Crippen LogP contribution in [0.15, 0.2) is 49.2 Å². The van der Waals surface area contributed by atoms with E-state index in [4.69, 9.17) is 0 Å². The Balaban J connectivity index is 1.90. The smallest absolute Gasteiger partial charge is 0.0952 e. The van der Waals surface area contributed by atoms with Gasteiger partial charge in [0.15, 0.2) is 0 Å². The van der Waals surface area contributed by atoms with Crippen LogP contribution in [0.5, 0.6) is 0 Å². The van der Waals surface area contributed by atoms with Crippen LogP contribution in [0.2, 0.25) is 0 Å². The van der Waals surface area contributed by atoms with Crippen molar-refractivity contribution in [1.82, 2.24) is 9.88 Å². The lowest BCUT2D eigenvalue weighted by atomic mass is 9.87. The first kappa shape index (κ1) is 16.2. The van der Waals surface area contributed by atoms with Crippen LogP contribution in [0.3, 0.4) is 0 Å². The molecule has 0 bridgehead atoms. The Morgan fingerprint density at radius 3 is 2.96 bits per heavy atom. The highest BCUT2D eigenvalue weighted by atomic mass is 16.3. The molecule has 1 aliphatic heterocycles. The van der Waals surface area contributed by atoms with Crippen molar-refractivity contribution in [2.45, 2.75) is 38.3 Å². The van der Waals surface area contributed by atoms with Gasteiger partial charge in [-0.25, -0.2) is 0 Å². The van der Waals surface area contributed by atoms with Gasteiger partial charge in [-0.3, -0.25) is 9.88 Å². The molecule has 3 nitrogen and oxygen atoms in total. The van der Waals surface area contributed by atoms with Crippen LogP contribution in [-0.2, 0) is 0 Å². The van der Waals surface area contributed by atoms with Crippen LogP contribution in [0, 0.1) is 5.92 Å². The minimum atomic E-state index is -0.472. The van der Waals surface area contributed by atoms with Crippen molar-refractivity contribution in [3.8, 4) is 0 Å². The number of hydrogen-bond donors (Lipinski definition) is 1. The molecule has 122 valence electrons. The number of nitrogens with zero attached hydrogens (tertiary/aromatic N) is 2. The van der Waals surface area contributed by atoms with Gasteiger partial charge in [0.25, 0.3) is 0 Å². The second-order valence-electron chi connectivity index (χ2n) is 6.50. The topological polar surface area (TPSA) is 36.4 Å². The van der Waals surface area contributed by atoms with E-state index in [-0.39, 0.29) is 6.04 Å². The molecule has 2 heterocycles. The molecule has 3 unspecified atom stereocenters. The van der Waals surface area contributed by atoms with Crippen molar-refractivity contribution in [3.05, 3.63) is 54.7 Å². The molecule has 2 aromatic rings. The van der Waals surface area contributed by atoms with Gasteiger partial charge in [0, 0.05) is 24.2 Å². The van der Waals surface area contributed by atoms with E-state index in [2.05, 4.69) is 35.5 Å². The van der Waals surface area contributed by atoms with Crippen LogP contribution in [0.25, 0.3) is 10.9 Å². The first-order chi connectivity index (χ1) is 11.2. The van der Waals surface area contributed by atoms with Crippen LogP contribution in [-0.4, -0.2) is 34.1 Å². The average Bonchev–Trinajstić information content (AvgIpc) is 2.61. The summed E-state index contributed by atoms with van der Waals surface area (Å²) in [4.78, 5) is 6.85. The first-order valence-electron chi connectivity index (χ1n) is 8.63. The number of aromatic nitrogens is 1. The van der Waals surface area contributed by atoms with Gasteiger partial charge in [0.2, 0.25) is 0 Å². The highest BCUT2D eigenvalue weighted by Gasteiger charge is 2.32. The zero-order valence-electron chi connectivity index (χ0n) is 13.9. The quantitative estimate of drug-likeness (QED) is 0.850. The minimum absolute atomic E-state index is 0.178. The first-order valence-corrected chi connectivity index (χ1v) is 8.63. The second-order valence-corrected chi connectivity index (χ2v) is 6.50. The Hall–Kier alpha value is -1.71. The lowest BCUT2D eigenvalue weighted by Crippen LogP contribution is -2.46. The number of aliphatic hydroxyl groups excluding tert-OH is 1. The zero-order valence-corrected chi connectivity index (χ0v) is 13.9. The molecular weight excluding hydrogens is 284 g/mol. The van der Waals surface area contributed by atoms with Crippen molar-refractivity contribution in [2.24, 2.45) is 5.92 Å². The molecule has 3 heteroatoms. The number of fused-ring (bicyclic) bond motifs is 1. The summed E-state index contributed by atoms with van der Waals surface area (Å²) >= 11 is 0. The van der Waals surface area contributed by atoms with E-state index < -0.39 is 6.10 Å². The Kier molecular flexibility index (Phi) is 5.09. The molecule has 1 fully saturated rings. The molecule has 0 radical (unpaired) electrons. The normalized spacial score (nSPS) is 23.7. The molecule has 3 atom stereocenters. The van der Waals surface area contributed by atoms with Gasteiger partial charge in [-0.2, -0.15) is 0 Å². The van der Waals surface area contributed by atoms with E-state index in [1.807, 2.05) is 24.3 Å². The minimum Gasteiger partial charge on any atom is -0.387 e. The number of rotatable bonds is 5.